The summed E-state index contributed by atoms with van der Waals surface area (Å²) in [6.45, 7) is 1.38. The minimum absolute atomic E-state index is 0.0602. The van der Waals surface area contributed by atoms with Gasteiger partial charge in [0, 0.05) is 23.2 Å². The van der Waals surface area contributed by atoms with Crippen LogP contribution in [-0.2, 0) is 27.9 Å². The fourth-order valence-electron chi connectivity index (χ4n) is 5.83. The van der Waals surface area contributed by atoms with Crippen molar-refractivity contribution >= 4 is 40.2 Å². The lowest BCUT2D eigenvalue weighted by Gasteiger charge is -2.28. The SMILES string of the molecule is Cc1ccc(S(=O)(=O)N(CC(=O)N(Cc2ccc(C3CCCCC3)cc2)c2ccc(C(=O)O)c(O)c2)Cc2ccc(S)cc2)cc1. The van der Waals surface area contributed by atoms with E-state index in [0.717, 1.165) is 33.2 Å². The number of nitrogens with zero attached hydrogens (tertiary/aromatic N) is 2. The van der Waals surface area contributed by atoms with Crippen LogP contribution < -0.4 is 4.90 Å². The molecule has 46 heavy (non-hydrogen) atoms. The van der Waals surface area contributed by atoms with Crippen LogP contribution in [0, 0.1) is 6.92 Å². The molecule has 1 fully saturated rings. The van der Waals surface area contributed by atoms with Crippen LogP contribution in [0.4, 0.5) is 5.69 Å². The van der Waals surface area contributed by atoms with Crippen molar-refractivity contribution in [3.05, 3.63) is 119 Å². The zero-order chi connectivity index (χ0) is 32.8. The van der Waals surface area contributed by atoms with E-state index in [1.165, 1.54) is 60.1 Å². The Morgan fingerprint density at radius 3 is 2.04 bits per heavy atom. The molecule has 0 spiro atoms. The Labute approximate surface area is 275 Å². The van der Waals surface area contributed by atoms with E-state index in [9.17, 15) is 28.2 Å². The molecule has 0 bridgehead atoms. The maximum atomic E-state index is 14.2. The van der Waals surface area contributed by atoms with Gasteiger partial charge in [-0.3, -0.25) is 4.79 Å². The van der Waals surface area contributed by atoms with Crippen LogP contribution in [0.1, 0.15) is 70.6 Å². The summed E-state index contributed by atoms with van der Waals surface area (Å²) in [5.41, 5.74) is 3.59. The van der Waals surface area contributed by atoms with Gasteiger partial charge in [0.1, 0.15) is 11.3 Å². The minimum Gasteiger partial charge on any atom is -0.507 e. The Balaban J connectivity index is 1.49. The van der Waals surface area contributed by atoms with E-state index in [1.54, 1.807) is 36.4 Å². The quantitative estimate of drug-likeness (QED) is 0.147. The number of thiol groups is 1. The third kappa shape index (κ3) is 7.99. The zero-order valence-electron chi connectivity index (χ0n) is 25.7. The Morgan fingerprint density at radius 1 is 0.826 bits per heavy atom. The summed E-state index contributed by atoms with van der Waals surface area (Å²) in [7, 11) is -4.11. The van der Waals surface area contributed by atoms with Crippen molar-refractivity contribution in [2.24, 2.45) is 0 Å². The number of carbonyl (C=O) groups is 2. The molecule has 0 unspecified atom stereocenters. The van der Waals surface area contributed by atoms with Gasteiger partial charge in [-0.05, 0) is 78.8 Å². The number of anilines is 1. The molecule has 1 aliphatic carbocycles. The molecule has 1 aliphatic rings. The number of amides is 1. The van der Waals surface area contributed by atoms with Gasteiger partial charge in [0.15, 0.2) is 0 Å². The number of hydrogen-bond acceptors (Lipinski definition) is 6. The number of hydrogen-bond donors (Lipinski definition) is 3. The van der Waals surface area contributed by atoms with Crippen LogP contribution in [0.5, 0.6) is 5.75 Å². The van der Waals surface area contributed by atoms with Crippen LogP contribution in [-0.4, -0.2) is 41.4 Å². The van der Waals surface area contributed by atoms with E-state index in [-0.39, 0.29) is 29.2 Å². The summed E-state index contributed by atoms with van der Waals surface area (Å²) in [6.07, 6.45) is 6.00. The second kappa shape index (κ2) is 14.5. The number of phenols is 1. The number of carboxylic acids is 1. The second-order valence-electron chi connectivity index (χ2n) is 11.8. The molecule has 1 amide bonds. The number of aromatic hydroxyl groups is 1. The molecule has 4 aromatic carbocycles. The molecule has 0 saturated heterocycles. The smallest absolute Gasteiger partial charge is 0.339 e. The molecule has 0 atom stereocenters. The van der Waals surface area contributed by atoms with Crippen molar-refractivity contribution in [3.8, 4) is 5.75 Å². The van der Waals surface area contributed by atoms with Gasteiger partial charge in [-0.25, -0.2) is 13.2 Å². The fraction of sp³-hybridized carbons (Fsp3) is 0.278. The molecular formula is C36H38N2O6S2. The molecule has 0 radical (unpaired) electrons. The van der Waals surface area contributed by atoms with Crippen LogP contribution in [0.25, 0.3) is 0 Å². The van der Waals surface area contributed by atoms with Crippen LogP contribution >= 0.6 is 12.6 Å². The van der Waals surface area contributed by atoms with Gasteiger partial charge >= 0.3 is 5.97 Å². The molecule has 0 aliphatic heterocycles. The van der Waals surface area contributed by atoms with Crippen molar-refractivity contribution in [2.45, 2.75) is 67.8 Å². The zero-order valence-corrected chi connectivity index (χ0v) is 27.4. The predicted octanol–water partition coefficient (Wildman–Crippen LogP) is 7.16. The normalized spacial score (nSPS) is 13.9. The van der Waals surface area contributed by atoms with Gasteiger partial charge in [-0.15, -0.1) is 12.6 Å². The van der Waals surface area contributed by atoms with E-state index >= 15 is 0 Å². The average Bonchev–Trinajstić information content (AvgIpc) is 3.05. The molecule has 10 heteroatoms. The molecule has 240 valence electrons. The van der Waals surface area contributed by atoms with Crippen LogP contribution in [0.15, 0.2) is 101 Å². The van der Waals surface area contributed by atoms with Gasteiger partial charge in [0.05, 0.1) is 18.0 Å². The largest absolute Gasteiger partial charge is 0.507 e. The first-order chi connectivity index (χ1) is 22.0. The summed E-state index contributed by atoms with van der Waals surface area (Å²) in [6, 6.07) is 25.5. The minimum atomic E-state index is -4.11. The number of sulfonamides is 1. The highest BCUT2D eigenvalue weighted by molar-refractivity contribution is 7.89. The Hall–Kier alpha value is -4.12. The van der Waals surface area contributed by atoms with Crippen molar-refractivity contribution in [3.63, 3.8) is 0 Å². The molecule has 5 rings (SSSR count). The van der Waals surface area contributed by atoms with Gasteiger partial charge < -0.3 is 15.1 Å². The first-order valence-corrected chi connectivity index (χ1v) is 17.2. The molecule has 4 aromatic rings. The van der Waals surface area contributed by atoms with Gasteiger partial charge in [0.25, 0.3) is 0 Å². The van der Waals surface area contributed by atoms with Gasteiger partial charge in [-0.1, -0.05) is 73.4 Å². The summed E-state index contributed by atoms with van der Waals surface area (Å²) in [5, 5.41) is 20.0. The molecular weight excluding hydrogens is 621 g/mol. The highest BCUT2D eigenvalue weighted by Crippen LogP contribution is 2.33. The van der Waals surface area contributed by atoms with E-state index in [0.29, 0.717) is 11.5 Å². The van der Waals surface area contributed by atoms with Crippen molar-refractivity contribution in [1.29, 1.82) is 0 Å². The predicted molar refractivity (Wildman–Crippen MR) is 181 cm³/mol. The monoisotopic (exact) mass is 658 g/mol. The third-order valence-electron chi connectivity index (χ3n) is 8.49. The molecule has 0 heterocycles. The molecule has 2 N–H and O–H groups in total. The number of aryl methyl sites for hydroxylation is 1. The number of rotatable bonds is 11. The third-order valence-corrected chi connectivity index (χ3v) is 10.6. The Morgan fingerprint density at radius 2 is 1.43 bits per heavy atom. The van der Waals surface area contributed by atoms with Crippen LogP contribution in [0.3, 0.4) is 0 Å². The summed E-state index contributed by atoms with van der Waals surface area (Å²) in [5.74, 6) is -1.83. The summed E-state index contributed by atoms with van der Waals surface area (Å²) < 4.78 is 29.1. The van der Waals surface area contributed by atoms with Gasteiger partial charge in [-0.2, -0.15) is 4.31 Å². The van der Waals surface area contributed by atoms with E-state index in [1.807, 2.05) is 19.1 Å². The van der Waals surface area contributed by atoms with Crippen molar-refractivity contribution < 1.29 is 28.2 Å². The number of carbonyl (C=O) groups excluding carboxylic acids is 1. The number of aromatic carboxylic acids is 1. The van der Waals surface area contributed by atoms with E-state index in [4.69, 9.17) is 0 Å². The van der Waals surface area contributed by atoms with E-state index in [2.05, 4.69) is 24.8 Å². The maximum absolute atomic E-state index is 14.2. The standard InChI is InChI=1S/C36H38N2O6S2/c1-25-7-18-32(19-8-25)46(43,44)37(22-26-11-16-31(45)17-12-26)24-35(40)38(30-15-20-33(36(41)42)34(39)21-30)23-27-9-13-29(14-10-27)28-5-3-2-4-6-28/h7-21,28,39,45H,2-6,22-24H2,1H3,(H,41,42). The fourth-order valence-corrected chi connectivity index (χ4v) is 7.36. The lowest BCUT2D eigenvalue weighted by molar-refractivity contribution is -0.119. The first-order valence-electron chi connectivity index (χ1n) is 15.3. The average molecular weight is 659 g/mol. The molecule has 1 saturated carbocycles. The molecule has 8 nitrogen and oxygen atoms in total. The first kappa shape index (κ1) is 33.2. The number of carboxylic acid groups (broad SMARTS) is 1. The number of benzene rings is 4. The highest BCUT2D eigenvalue weighted by Gasteiger charge is 2.30. The summed E-state index contributed by atoms with van der Waals surface area (Å²) >= 11 is 4.33. The topological polar surface area (TPSA) is 115 Å². The van der Waals surface area contributed by atoms with Crippen molar-refractivity contribution in [2.75, 3.05) is 11.4 Å². The lowest BCUT2D eigenvalue weighted by Crippen LogP contribution is -2.42. The van der Waals surface area contributed by atoms with Crippen molar-refractivity contribution in [1.82, 2.24) is 4.31 Å². The molecule has 0 aromatic heterocycles. The van der Waals surface area contributed by atoms with E-state index < -0.39 is 34.2 Å². The maximum Gasteiger partial charge on any atom is 0.339 e. The highest BCUT2D eigenvalue weighted by atomic mass is 32.2. The Kier molecular flexibility index (Phi) is 10.5. The summed E-state index contributed by atoms with van der Waals surface area (Å²) in [4.78, 5) is 27.9. The lowest BCUT2D eigenvalue weighted by atomic mass is 9.84. The Bertz CT molecular complexity index is 1780. The van der Waals surface area contributed by atoms with Gasteiger partial charge in [0.2, 0.25) is 15.9 Å². The second-order valence-corrected chi connectivity index (χ2v) is 14.3. The van der Waals surface area contributed by atoms with Crippen LogP contribution in [0.2, 0.25) is 0 Å².